The molecule has 1 amide bonds. The molecule has 1 aromatic carbocycles. The monoisotopic (exact) mass is 316 g/mol. The molecule has 1 aromatic rings. The minimum atomic E-state index is -0.438. The summed E-state index contributed by atoms with van der Waals surface area (Å²) in [5, 5.41) is 0. The number of carbonyl (C=O) groups excluding carboxylic acids is 1. The predicted octanol–water partition coefficient (Wildman–Crippen LogP) is 2.27. The first-order valence-corrected chi connectivity index (χ1v) is 7.03. The molecule has 2 atom stereocenters. The third-order valence-electron chi connectivity index (χ3n) is 3.54. The third-order valence-corrected chi connectivity index (χ3v) is 3.54. The van der Waals surface area contributed by atoms with Gasteiger partial charge in [-0.25, -0.2) is 4.39 Å². The van der Waals surface area contributed by atoms with Crippen molar-refractivity contribution in [1.82, 2.24) is 4.90 Å². The van der Waals surface area contributed by atoms with Crippen LogP contribution in [0.2, 0.25) is 0 Å². The number of nitrogens with two attached hydrogens (primary N) is 1. The van der Waals surface area contributed by atoms with Crippen molar-refractivity contribution in [1.29, 1.82) is 0 Å². The highest BCUT2D eigenvalue weighted by Gasteiger charge is 2.27. The molecule has 6 heteroatoms. The number of amides is 1. The van der Waals surface area contributed by atoms with Crippen LogP contribution in [0.15, 0.2) is 24.3 Å². The highest BCUT2D eigenvalue weighted by atomic mass is 35.5. The Morgan fingerprint density at radius 1 is 1.48 bits per heavy atom. The zero-order chi connectivity index (χ0) is 14.5. The second kappa shape index (κ2) is 8.32. The first-order valence-electron chi connectivity index (χ1n) is 7.03. The summed E-state index contributed by atoms with van der Waals surface area (Å²) in [7, 11) is 0. The standard InChI is InChI=1S/C15H21FN2O2.ClH/c1-2-3-13(17)15(19)18-8-9-20-14(10-18)11-4-6-12(16)7-5-11;/h4-7,13-14H,2-3,8-10,17H2,1H3;1H. The quantitative estimate of drug-likeness (QED) is 0.927. The van der Waals surface area contributed by atoms with Crippen molar-refractivity contribution in [2.45, 2.75) is 31.9 Å². The Hall–Kier alpha value is -1.17. The van der Waals surface area contributed by atoms with Crippen LogP contribution >= 0.6 is 12.4 Å². The van der Waals surface area contributed by atoms with Gasteiger partial charge in [-0.3, -0.25) is 4.79 Å². The first-order chi connectivity index (χ1) is 9.61. The molecule has 1 aliphatic heterocycles. The van der Waals surface area contributed by atoms with E-state index in [1.165, 1.54) is 12.1 Å². The fourth-order valence-electron chi connectivity index (χ4n) is 2.40. The van der Waals surface area contributed by atoms with E-state index in [4.69, 9.17) is 10.5 Å². The van der Waals surface area contributed by atoms with E-state index in [1.807, 2.05) is 6.92 Å². The van der Waals surface area contributed by atoms with Crippen molar-refractivity contribution in [2.75, 3.05) is 19.7 Å². The molecule has 21 heavy (non-hydrogen) atoms. The summed E-state index contributed by atoms with van der Waals surface area (Å²) in [6, 6.07) is 5.76. The molecule has 1 aliphatic rings. The van der Waals surface area contributed by atoms with Gasteiger partial charge in [-0.15, -0.1) is 12.4 Å². The summed E-state index contributed by atoms with van der Waals surface area (Å²) in [5.41, 5.74) is 6.76. The number of benzene rings is 1. The van der Waals surface area contributed by atoms with Gasteiger partial charge < -0.3 is 15.4 Å². The molecular formula is C15H22ClFN2O2. The number of hydrogen-bond acceptors (Lipinski definition) is 3. The van der Waals surface area contributed by atoms with Crippen molar-refractivity contribution in [2.24, 2.45) is 5.73 Å². The maximum absolute atomic E-state index is 12.9. The molecule has 0 bridgehead atoms. The van der Waals surface area contributed by atoms with Gasteiger partial charge in [0.05, 0.1) is 19.2 Å². The van der Waals surface area contributed by atoms with Crippen LogP contribution in [0.1, 0.15) is 31.4 Å². The maximum Gasteiger partial charge on any atom is 0.239 e. The number of hydrogen-bond donors (Lipinski definition) is 1. The van der Waals surface area contributed by atoms with Crippen molar-refractivity contribution < 1.29 is 13.9 Å². The summed E-state index contributed by atoms with van der Waals surface area (Å²) in [5.74, 6) is -0.301. The lowest BCUT2D eigenvalue weighted by molar-refractivity contribution is -0.140. The van der Waals surface area contributed by atoms with E-state index in [1.54, 1.807) is 17.0 Å². The Kier molecular flexibility index (Phi) is 7.08. The van der Waals surface area contributed by atoms with Crippen LogP contribution in [0, 0.1) is 5.82 Å². The lowest BCUT2D eigenvalue weighted by Gasteiger charge is -2.34. The largest absolute Gasteiger partial charge is 0.370 e. The molecule has 2 rings (SSSR count). The Balaban J connectivity index is 0.00000220. The van der Waals surface area contributed by atoms with Gasteiger partial charge in [0.15, 0.2) is 0 Å². The topological polar surface area (TPSA) is 55.6 Å². The van der Waals surface area contributed by atoms with E-state index < -0.39 is 6.04 Å². The van der Waals surface area contributed by atoms with Gasteiger partial charge in [0, 0.05) is 6.54 Å². The van der Waals surface area contributed by atoms with Gasteiger partial charge in [0.2, 0.25) is 5.91 Å². The molecule has 0 saturated carbocycles. The smallest absolute Gasteiger partial charge is 0.239 e. The SMILES string of the molecule is CCCC(N)C(=O)N1CCOC(c2ccc(F)cc2)C1.Cl. The van der Waals surface area contributed by atoms with Crippen LogP contribution in [0.5, 0.6) is 0 Å². The van der Waals surface area contributed by atoms with E-state index >= 15 is 0 Å². The lowest BCUT2D eigenvalue weighted by Crippen LogP contribution is -2.49. The number of halogens is 2. The molecular weight excluding hydrogens is 295 g/mol. The van der Waals surface area contributed by atoms with Crippen molar-refractivity contribution in [3.63, 3.8) is 0 Å². The van der Waals surface area contributed by atoms with Crippen molar-refractivity contribution in [3.05, 3.63) is 35.6 Å². The van der Waals surface area contributed by atoms with E-state index in [9.17, 15) is 9.18 Å². The molecule has 0 aromatic heterocycles. The average Bonchev–Trinajstić information content (AvgIpc) is 2.47. The number of carbonyl (C=O) groups is 1. The lowest BCUT2D eigenvalue weighted by atomic mass is 10.1. The molecule has 0 radical (unpaired) electrons. The van der Waals surface area contributed by atoms with E-state index in [-0.39, 0.29) is 30.2 Å². The number of ether oxygens (including phenoxy) is 1. The molecule has 1 heterocycles. The second-order valence-electron chi connectivity index (χ2n) is 5.09. The van der Waals surface area contributed by atoms with Crippen molar-refractivity contribution >= 4 is 18.3 Å². The zero-order valence-corrected chi connectivity index (χ0v) is 12.9. The van der Waals surface area contributed by atoms with E-state index in [2.05, 4.69) is 0 Å². The zero-order valence-electron chi connectivity index (χ0n) is 12.1. The normalized spacial score (nSPS) is 19.8. The Morgan fingerprint density at radius 2 is 2.14 bits per heavy atom. The molecule has 4 nitrogen and oxygen atoms in total. The van der Waals surface area contributed by atoms with E-state index in [0.717, 1.165) is 12.0 Å². The second-order valence-corrected chi connectivity index (χ2v) is 5.09. The van der Waals surface area contributed by atoms with Gasteiger partial charge in [-0.2, -0.15) is 0 Å². The highest BCUT2D eigenvalue weighted by molar-refractivity contribution is 5.85. The van der Waals surface area contributed by atoms with Crippen LogP contribution in [0.3, 0.4) is 0 Å². The van der Waals surface area contributed by atoms with Gasteiger partial charge >= 0.3 is 0 Å². The summed E-state index contributed by atoms with van der Waals surface area (Å²) >= 11 is 0. The first kappa shape index (κ1) is 17.9. The molecule has 0 spiro atoms. The minimum Gasteiger partial charge on any atom is -0.370 e. The molecule has 1 saturated heterocycles. The predicted molar refractivity (Wildman–Crippen MR) is 81.8 cm³/mol. The molecule has 0 aliphatic carbocycles. The van der Waals surface area contributed by atoms with Gasteiger partial charge in [-0.1, -0.05) is 25.5 Å². The maximum atomic E-state index is 12.9. The number of nitrogens with zero attached hydrogens (tertiary/aromatic N) is 1. The average molecular weight is 317 g/mol. The van der Waals surface area contributed by atoms with Gasteiger partial charge in [-0.05, 0) is 24.1 Å². The third kappa shape index (κ3) is 4.66. The van der Waals surface area contributed by atoms with Crippen LogP contribution in [0.4, 0.5) is 4.39 Å². The Labute approximate surface area is 130 Å². The summed E-state index contributed by atoms with van der Waals surface area (Å²) in [6.45, 7) is 3.52. The van der Waals surface area contributed by atoms with Gasteiger partial charge in [0.25, 0.3) is 0 Å². The molecule has 2 unspecified atom stereocenters. The van der Waals surface area contributed by atoms with E-state index in [0.29, 0.717) is 26.1 Å². The van der Waals surface area contributed by atoms with Gasteiger partial charge in [0.1, 0.15) is 11.9 Å². The van der Waals surface area contributed by atoms with Crippen LogP contribution in [0.25, 0.3) is 0 Å². The number of rotatable bonds is 4. The minimum absolute atomic E-state index is 0. The van der Waals surface area contributed by atoms with Crippen LogP contribution in [-0.2, 0) is 9.53 Å². The van der Waals surface area contributed by atoms with Crippen LogP contribution < -0.4 is 5.73 Å². The Bertz CT molecular complexity index is 455. The molecule has 2 N–H and O–H groups in total. The summed E-state index contributed by atoms with van der Waals surface area (Å²) in [4.78, 5) is 14.0. The number of morpholine rings is 1. The summed E-state index contributed by atoms with van der Waals surface area (Å²) < 4.78 is 18.6. The fourth-order valence-corrected chi connectivity index (χ4v) is 2.40. The molecule has 1 fully saturated rings. The van der Waals surface area contributed by atoms with Crippen molar-refractivity contribution in [3.8, 4) is 0 Å². The fraction of sp³-hybridized carbons (Fsp3) is 0.533. The highest BCUT2D eigenvalue weighted by Crippen LogP contribution is 2.23. The summed E-state index contributed by atoms with van der Waals surface area (Å²) in [6.07, 6.45) is 1.37. The Morgan fingerprint density at radius 3 is 2.76 bits per heavy atom. The molecule has 118 valence electrons. The van der Waals surface area contributed by atoms with Crippen LogP contribution in [-0.4, -0.2) is 36.5 Å².